The number of anilines is 1. The highest BCUT2D eigenvalue weighted by molar-refractivity contribution is 7.51. The number of fused-ring (bicyclic) bond motifs is 1. The van der Waals surface area contributed by atoms with Crippen LogP contribution in [0.2, 0.25) is 0 Å². The lowest BCUT2D eigenvalue weighted by molar-refractivity contribution is -0.0185. The van der Waals surface area contributed by atoms with Gasteiger partial charge in [-0.25, -0.2) is 25.0 Å². The van der Waals surface area contributed by atoms with E-state index in [9.17, 15) is 9.36 Å². The van der Waals surface area contributed by atoms with Gasteiger partial charge in [0.15, 0.2) is 17.0 Å². The van der Waals surface area contributed by atoms with Gasteiger partial charge < -0.3 is 10.1 Å². The minimum absolute atomic E-state index is 0.0170. The molecule has 0 radical (unpaired) electrons. The molecule has 3 N–H and O–H groups in total. The molecule has 0 saturated carbocycles. The Balaban J connectivity index is 1.40. The number of nitriles is 1. The predicted molar refractivity (Wildman–Crippen MR) is 117 cm³/mol. The molecule has 33 heavy (non-hydrogen) atoms. The molecule has 1 unspecified atom stereocenters. The van der Waals surface area contributed by atoms with E-state index < -0.39 is 7.75 Å². The zero-order chi connectivity index (χ0) is 23.3. The fraction of sp³-hybridized carbons (Fsp3) is 0.350. The summed E-state index contributed by atoms with van der Waals surface area (Å²) in [5.41, 5.74) is 6.95. The van der Waals surface area contributed by atoms with Gasteiger partial charge in [-0.2, -0.15) is 5.26 Å². The van der Waals surface area contributed by atoms with Crippen molar-refractivity contribution in [2.45, 2.75) is 31.6 Å². The maximum absolute atomic E-state index is 12.5. The first-order chi connectivity index (χ1) is 16.0. The Morgan fingerprint density at radius 3 is 2.88 bits per heavy atom. The van der Waals surface area contributed by atoms with Crippen molar-refractivity contribution in [1.82, 2.24) is 19.5 Å². The summed E-state index contributed by atoms with van der Waals surface area (Å²) in [5.74, 6) is -0.00764. The second-order valence-electron chi connectivity index (χ2n) is 7.23. The largest absolute Gasteiger partial charge is 0.402 e. The number of imidazole rings is 1. The van der Waals surface area contributed by atoms with Crippen LogP contribution in [0, 0.1) is 11.3 Å². The zero-order valence-electron chi connectivity index (χ0n) is 17.5. The second-order valence-corrected chi connectivity index (χ2v) is 8.83. The summed E-state index contributed by atoms with van der Waals surface area (Å²) in [6.45, 7) is -0.0842. The molecular formula is C20H22N7O5P. The summed E-state index contributed by atoms with van der Waals surface area (Å²) in [4.78, 5) is 25.3. The van der Waals surface area contributed by atoms with Gasteiger partial charge in [0, 0.05) is 5.56 Å². The van der Waals surface area contributed by atoms with Crippen molar-refractivity contribution >= 4 is 30.6 Å². The molecule has 3 aromatic rings. The first kappa shape index (κ1) is 23.0. The SMILES string of the molecule is N#CCCOP(N)(=O)OC[C@@H]1CC[C@H](n2cnc3c(NC(=O)c4ccccc4)ncnc32)O1. The number of rotatable bonds is 9. The topological polar surface area (TPSA) is 167 Å². The first-order valence-corrected chi connectivity index (χ1v) is 11.8. The van der Waals surface area contributed by atoms with E-state index in [0.29, 0.717) is 35.4 Å². The summed E-state index contributed by atoms with van der Waals surface area (Å²) >= 11 is 0. The summed E-state index contributed by atoms with van der Waals surface area (Å²) in [7, 11) is -3.75. The lowest BCUT2D eigenvalue weighted by Crippen LogP contribution is -2.18. The third-order valence-corrected chi connectivity index (χ3v) is 6.00. The van der Waals surface area contributed by atoms with Crippen molar-refractivity contribution in [2.24, 2.45) is 5.50 Å². The van der Waals surface area contributed by atoms with Crippen LogP contribution in [0.15, 0.2) is 43.0 Å². The van der Waals surface area contributed by atoms with Crippen LogP contribution in [-0.2, 0) is 18.3 Å². The summed E-state index contributed by atoms with van der Waals surface area (Å²) in [6.07, 6.45) is 3.51. The molecule has 0 aliphatic carbocycles. The Hall–Kier alpha value is -3.20. The number of hydrogen-bond donors (Lipinski definition) is 2. The molecule has 0 spiro atoms. The highest BCUT2D eigenvalue weighted by Crippen LogP contribution is 2.41. The van der Waals surface area contributed by atoms with Crippen LogP contribution < -0.4 is 10.8 Å². The average molecular weight is 471 g/mol. The monoisotopic (exact) mass is 471 g/mol. The first-order valence-electron chi connectivity index (χ1n) is 10.2. The van der Waals surface area contributed by atoms with E-state index in [1.165, 1.54) is 6.33 Å². The Labute approximate surface area is 189 Å². The normalized spacial score (nSPS) is 19.8. The Kier molecular flexibility index (Phi) is 7.08. The van der Waals surface area contributed by atoms with Gasteiger partial charge in [0.05, 0.1) is 38.1 Å². The number of aromatic nitrogens is 4. The number of carbonyl (C=O) groups is 1. The molecule has 12 nitrogen and oxygen atoms in total. The molecule has 0 bridgehead atoms. The van der Waals surface area contributed by atoms with E-state index in [1.54, 1.807) is 35.2 Å². The molecule has 1 amide bonds. The zero-order valence-corrected chi connectivity index (χ0v) is 18.4. The van der Waals surface area contributed by atoms with E-state index in [0.717, 1.165) is 0 Å². The maximum atomic E-state index is 12.5. The predicted octanol–water partition coefficient (Wildman–Crippen LogP) is 2.77. The van der Waals surface area contributed by atoms with Crippen molar-refractivity contribution < 1.29 is 23.1 Å². The number of nitrogens with one attached hydrogen (secondary N) is 1. The summed E-state index contributed by atoms with van der Waals surface area (Å²) < 4.78 is 29.9. The molecular weight excluding hydrogens is 449 g/mol. The van der Waals surface area contributed by atoms with Gasteiger partial charge in [0.25, 0.3) is 5.91 Å². The number of nitrogens with zero attached hydrogens (tertiary/aromatic N) is 5. The maximum Gasteiger partial charge on any atom is 0.402 e. The molecule has 3 heterocycles. The molecule has 1 aliphatic rings. The van der Waals surface area contributed by atoms with E-state index >= 15 is 0 Å². The highest BCUT2D eigenvalue weighted by atomic mass is 31.2. The van der Waals surface area contributed by atoms with Crippen molar-refractivity contribution in [3.8, 4) is 6.07 Å². The van der Waals surface area contributed by atoms with E-state index in [-0.39, 0.29) is 37.9 Å². The molecule has 4 rings (SSSR count). The van der Waals surface area contributed by atoms with Crippen LogP contribution in [-0.4, -0.2) is 44.7 Å². The van der Waals surface area contributed by atoms with Gasteiger partial charge in [-0.1, -0.05) is 18.2 Å². The van der Waals surface area contributed by atoms with Crippen LogP contribution in [0.25, 0.3) is 11.2 Å². The Bertz CT molecular complexity index is 1210. The van der Waals surface area contributed by atoms with Gasteiger partial charge in [-0.05, 0) is 25.0 Å². The van der Waals surface area contributed by atoms with E-state index in [1.807, 2.05) is 12.1 Å². The van der Waals surface area contributed by atoms with Gasteiger partial charge in [0.1, 0.15) is 12.6 Å². The molecule has 3 atom stereocenters. The van der Waals surface area contributed by atoms with Gasteiger partial charge in [-0.3, -0.25) is 18.4 Å². The van der Waals surface area contributed by atoms with Crippen molar-refractivity contribution in [3.05, 3.63) is 48.5 Å². The highest BCUT2D eigenvalue weighted by Gasteiger charge is 2.31. The van der Waals surface area contributed by atoms with Gasteiger partial charge in [0.2, 0.25) is 0 Å². The standard InChI is InChI=1S/C20H22N7O5P/c21-9-4-10-30-33(22,29)31-11-15-7-8-16(32-15)27-13-25-17-18(23-12-24-19(17)27)26-20(28)14-5-2-1-3-6-14/h1-3,5-6,12-13,15-16H,4,7-8,10-11H2,(H2,22,29)(H,23,24,26,28)/t15-,16+,33?/m0/s1. The van der Waals surface area contributed by atoms with Crippen molar-refractivity contribution in [1.29, 1.82) is 5.26 Å². The molecule has 13 heteroatoms. The third-order valence-electron chi connectivity index (χ3n) is 4.95. The molecule has 1 aliphatic heterocycles. The van der Waals surface area contributed by atoms with Gasteiger partial charge in [-0.15, -0.1) is 0 Å². The minimum Gasteiger partial charge on any atom is -0.352 e. The number of hydrogen-bond acceptors (Lipinski definition) is 9. The lowest BCUT2D eigenvalue weighted by Gasteiger charge is -2.17. The Morgan fingerprint density at radius 2 is 2.09 bits per heavy atom. The quantitative estimate of drug-likeness (QED) is 0.350. The second kappa shape index (κ2) is 10.2. The Morgan fingerprint density at radius 1 is 1.27 bits per heavy atom. The van der Waals surface area contributed by atoms with Crippen LogP contribution in [0.1, 0.15) is 35.8 Å². The van der Waals surface area contributed by atoms with E-state index in [4.69, 9.17) is 24.6 Å². The third kappa shape index (κ3) is 5.60. The smallest absolute Gasteiger partial charge is 0.352 e. The van der Waals surface area contributed by atoms with Crippen LogP contribution in [0.4, 0.5) is 5.82 Å². The lowest BCUT2D eigenvalue weighted by atomic mass is 10.2. The molecule has 2 aromatic heterocycles. The van der Waals surface area contributed by atoms with Crippen molar-refractivity contribution in [3.63, 3.8) is 0 Å². The number of carbonyl (C=O) groups excluding carboxylic acids is 1. The molecule has 1 aromatic carbocycles. The summed E-state index contributed by atoms with van der Waals surface area (Å²) in [5, 5.41) is 11.3. The van der Waals surface area contributed by atoms with E-state index in [2.05, 4.69) is 20.3 Å². The fourth-order valence-corrected chi connectivity index (χ4v) is 4.17. The van der Waals surface area contributed by atoms with Crippen LogP contribution in [0.3, 0.4) is 0 Å². The summed E-state index contributed by atoms with van der Waals surface area (Å²) in [6, 6.07) is 10.7. The molecule has 172 valence electrons. The minimum atomic E-state index is -3.75. The van der Waals surface area contributed by atoms with Crippen LogP contribution in [0.5, 0.6) is 0 Å². The number of ether oxygens (including phenoxy) is 1. The average Bonchev–Trinajstić information content (AvgIpc) is 3.46. The number of benzene rings is 1. The van der Waals surface area contributed by atoms with Crippen LogP contribution >= 0.6 is 7.75 Å². The molecule has 1 saturated heterocycles. The number of nitrogens with two attached hydrogens (primary N) is 1. The van der Waals surface area contributed by atoms with Crippen molar-refractivity contribution in [2.75, 3.05) is 18.5 Å². The molecule has 1 fully saturated rings. The fourth-order valence-electron chi connectivity index (χ4n) is 3.38. The number of amides is 1. The van der Waals surface area contributed by atoms with Gasteiger partial charge >= 0.3 is 7.75 Å².